The van der Waals surface area contributed by atoms with Gasteiger partial charge in [-0.1, -0.05) is 23.9 Å². The topological polar surface area (TPSA) is 89.8 Å². The number of rotatable bonds is 6. The van der Waals surface area contributed by atoms with Gasteiger partial charge in [0.1, 0.15) is 5.82 Å². The molecular formula is C17H14FN5O2S. The molecule has 0 saturated heterocycles. The molecule has 0 bridgehead atoms. The van der Waals surface area contributed by atoms with Crippen LogP contribution < -0.4 is 5.32 Å². The highest BCUT2D eigenvalue weighted by Crippen LogP contribution is 2.19. The number of carbonyl (C=O) groups is 2. The molecule has 0 radical (unpaired) electrons. The van der Waals surface area contributed by atoms with Crippen LogP contribution in [0.15, 0.2) is 53.7 Å². The second-order valence-electron chi connectivity index (χ2n) is 5.29. The number of tetrazole rings is 1. The van der Waals surface area contributed by atoms with Gasteiger partial charge in [0.2, 0.25) is 11.1 Å². The number of hydrogen-bond acceptors (Lipinski definition) is 6. The number of carbonyl (C=O) groups excluding carboxylic acids is 2. The highest BCUT2D eigenvalue weighted by Gasteiger charge is 2.13. The Balaban J connectivity index is 1.66. The van der Waals surface area contributed by atoms with E-state index in [4.69, 9.17) is 0 Å². The summed E-state index contributed by atoms with van der Waals surface area (Å²) in [4.78, 5) is 23.4. The van der Waals surface area contributed by atoms with E-state index in [2.05, 4.69) is 20.8 Å². The second-order valence-corrected chi connectivity index (χ2v) is 6.24. The number of nitrogens with one attached hydrogen (secondary N) is 1. The Hall–Kier alpha value is -3.07. The summed E-state index contributed by atoms with van der Waals surface area (Å²) >= 11 is 1.12. The molecule has 1 amide bonds. The third-order valence-corrected chi connectivity index (χ3v) is 4.36. The zero-order chi connectivity index (χ0) is 18.5. The summed E-state index contributed by atoms with van der Waals surface area (Å²) in [5, 5.41) is 14.3. The average Bonchev–Trinajstić information content (AvgIpc) is 3.10. The number of benzene rings is 2. The number of amides is 1. The Bertz CT molecular complexity index is 942. The lowest BCUT2D eigenvalue weighted by atomic mass is 10.1. The van der Waals surface area contributed by atoms with Crippen molar-refractivity contribution in [3.8, 4) is 5.69 Å². The van der Waals surface area contributed by atoms with E-state index in [1.165, 1.54) is 23.7 Å². The first-order valence-corrected chi connectivity index (χ1v) is 8.60. The van der Waals surface area contributed by atoms with E-state index < -0.39 is 5.82 Å². The van der Waals surface area contributed by atoms with Crippen LogP contribution in [0.5, 0.6) is 0 Å². The number of para-hydroxylation sites is 1. The number of aromatic nitrogens is 4. The molecule has 7 nitrogen and oxygen atoms in total. The van der Waals surface area contributed by atoms with Gasteiger partial charge in [-0.05, 0) is 53.7 Å². The average molecular weight is 371 g/mol. The normalized spacial score (nSPS) is 10.5. The number of Topliss-reactive ketones (excluding diaryl/α,β-unsaturated/α-hetero) is 1. The molecular weight excluding hydrogens is 357 g/mol. The van der Waals surface area contributed by atoms with Gasteiger partial charge in [0.25, 0.3) is 0 Å². The maximum atomic E-state index is 13.6. The Morgan fingerprint density at radius 3 is 2.58 bits per heavy atom. The summed E-state index contributed by atoms with van der Waals surface area (Å²) in [5.74, 6) is -0.893. The minimum atomic E-state index is -0.499. The molecule has 0 unspecified atom stereocenters. The van der Waals surface area contributed by atoms with Gasteiger partial charge in [0, 0.05) is 5.56 Å². The summed E-state index contributed by atoms with van der Waals surface area (Å²) in [6.07, 6.45) is 0. The molecule has 132 valence electrons. The fraction of sp³-hybridized carbons (Fsp3) is 0.118. The largest absolute Gasteiger partial charge is 0.323 e. The van der Waals surface area contributed by atoms with Crippen molar-refractivity contribution >= 4 is 29.1 Å². The number of nitrogens with zero attached hydrogens (tertiary/aromatic N) is 4. The van der Waals surface area contributed by atoms with Crippen molar-refractivity contribution in [2.45, 2.75) is 12.1 Å². The van der Waals surface area contributed by atoms with Crippen molar-refractivity contribution in [2.24, 2.45) is 0 Å². The SMILES string of the molecule is CC(=O)c1ccc(-n2nnnc2SCC(=O)Nc2ccccc2F)cc1. The van der Waals surface area contributed by atoms with Gasteiger partial charge < -0.3 is 5.32 Å². The van der Waals surface area contributed by atoms with Crippen molar-refractivity contribution in [2.75, 3.05) is 11.1 Å². The molecule has 0 atom stereocenters. The fourth-order valence-corrected chi connectivity index (χ4v) is 2.84. The van der Waals surface area contributed by atoms with Crippen LogP contribution in [0.3, 0.4) is 0 Å². The predicted molar refractivity (Wildman–Crippen MR) is 94.9 cm³/mol. The van der Waals surface area contributed by atoms with E-state index in [1.807, 2.05) is 0 Å². The van der Waals surface area contributed by atoms with Crippen LogP contribution in [0.1, 0.15) is 17.3 Å². The van der Waals surface area contributed by atoms with Crippen molar-refractivity contribution in [3.05, 3.63) is 59.9 Å². The van der Waals surface area contributed by atoms with E-state index in [-0.39, 0.29) is 23.1 Å². The molecule has 2 aromatic carbocycles. The maximum Gasteiger partial charge on any atom is 0.234 e. The summed E-state index contributed by atoms with van der Waals surface area (Å²) in [7, 11) is 0. The number of thioether (sulfide) groups is 1. The van der Waals surface area contributed by atoms with Crippen molar-refractivity contribution in [3.63, 3.8) is 0 Å². The fourth-order valence-electron chi connectivity index (χ4n) is 2.15. The summed E-state index contributed by atoms with van der Waals surface area (Å²) in [6, 6.07) is 12.7. The Labute approximate surface area is 152 Å². The number of ketones is 1. The zero-order valence-corrected chi connectivity index (χ0v) is 14.5. The molecule has 26 heavy (non-hydrogen) atoms. The van der Waals surface area contributed by atoms with Gasteiger partial charge in [-0.2, -0.15) is 4.68 Å². The Kier molecular flexibility index (Phi) is 5.37. The van der Waals surface area contributed by atoms with Crippen molar-refractivity contribution < 1.29 is 14.0 Å². The van der Waals surface area contributed by atoms with Crippen molar-refractivity contribution in [1.29, 1.82) is 0 Å². The number of hydrogen-bond donors (Lipinski definition) is 1. The second kappa shape index (κ2) is 7.87. The highest BCUT2D eigenvalue weighted by molar-refractivity contribution is 7.99. The van der Waals surface area contributed by atoms with Crippen LogP contribution in [0.4, 0.5) is 10.1 Å². The molecule has 1 heterocycles. The Morgan fingerprint density at radius 1 is 1.15 bits per heavy atom. The van der Waals surface area contributed by atoms with E-state index in [0.717, 1.165) is 11.8 Å². The minimum Gasteiger partial charge on any atom is -0.323 e. The Morgan fingerprint density at radius 2 is 1.88 bits per heavy atom. The number of anilines is 1. The summed E-state index contributed by atoms with van der Waals surface area (Å²) in [5.41, 5.74) is 1.37. The quantitative estimate of drug-likeness (QED) is 0.529. The van der Waals surface area contributed by atoms with Gasteiger partial charge in [-0.15, -0.1) is 5.10 Å². The van der Waals surface area contributed by atoms with Crippen molar-refractivity contribution in [1.82, 2.24) is 20.2 Å². The first kappa shape index (κ1) is 17.7. The van der Waals surface area contributed by atoms with E-state index >= 15 is 0 Å². The molecule has 0 saturated carbocycles. The van der Waals surface area contributed by atoms with E-state index in [0.29, 0.717) is 16.4 Å². The van der Waals surface area contributed by atoms with Gasteiger partial charge in [-0.25, -0.2) is 4.39 Å². The van der Waals surface area contributed by atoms with E-state index in [9.17, 15) is 14.0 Å². The molecule has 0 fully saturated rings. The van der Waals surface area contributed by atoms with Crippen LogP contribution >= 0.6 is 11.8 Å². The predicted octanol–water partition coefficient (Wildman–Crippen LogP) is 2.73. The van der Waals surface area contributed by atoms with Gasteiger partial charge in [0.05, 0.1) is 17.1 Å². The van der Waals surface area contributed by atoms with Crippen LogP contribution in [-0.2, 0) is 4.79 Å². The van der Waals surface area contributed by atoms with E-state index in [1.54, 1.807) is 36.4 Å². The van der Waals surface area contributed by atoms with Gasteiger partial charge >= 0.3 is 0 Å². The molecule has 0 aliphatic heterocycles. The molecule has 3 rings (SSSR count). The summed E-state index contributed by atoms with van der Waals surface area (Å²) in [6.45, 7) is 1.49. The standard InChI is InChI=1S/C17H14FN5O2S/c1-11(24)12-6-8-13(9-7-12)23-17(20-21-22-23)26-10-16(25)19-15-5-3-2-4-14(15)18/h2-9H,10H2,1H3,(H,19,25). The maximum absolute atomic E-state index is 13.6. The first-order chi connectivity index (χ1) is 12.5. The smallest absolute Gasteiger partial charge is 0.234 e. The first-order valence-electron chi connectivity index (χ1n) is 7.61. The van der Waals surface area contributed by atoms with Gasteiger partial charge in [0.15, 0.2) is 5.78 Å². The molecule has 0 aliphatic rings. The lowest BCUT2D eigenvalue weighted by Gasteiger charge is -2.07. The van der Waals surface area contributed by atoms with Gasteiger partial charge in [-0.3, -0.25) is 9.59 Å². The zero-order valence-electron chi connectivity index (χ0n) is 13.7. The lowest BCUT2D eigenvalue weighted by Crippen LogP contribution is -2.15. The third-order valence-electron chi connectivity index (χ3n) is 3.44. The summed E-state index contributed by atoms with van der Waals surface area (Å²) < 4.78 is 15.0. The van der Waals surface area contributed by atoms with Crippen LogP contribution in [0.2, 0.25) is 0 Å². The van der Waals surface area contributed by atoms with Crippen LogP contribution in [0, 0.1) is 5.82 Å². The van der Waals surface area contributed by atoms with Crippen LogP contribution in [-0.4, -0.2) is 37.7 Å². The molecule has 9 heteroatoms. The molecule has 1 aromatic heterocycles. The minimum absolute atomic E-state index is 0.0141. The molecule has 0 aliphatic carbocycles. The molecule has 1 N–H and O–H groups in total. The third kappa shape index (κ3) is 4.12. The molecule has 3 aromatic rings. The number of halogens is 1. The lowest BCUT2D eigenvalue weighted by molar-refractivity contribution is -0.113. The monoisotopic (exact) mass is 371 g/mol. The van der Waals surface area contributed by atoms with Crippen LogP contribution in [0.25, 0.3) is 5.69 Å². The molecule has 0 spiro atoms. The highest BCUT2D eigenvalue weighted by atomic mass is 32.2.